The summed E-state index contributed by atoms with van der Waals surface area (Å²) >= 11 is 0. The minimum atomic E-state index is -1.30. The lowest BCUT2D eigenvalue weighted by Gasteiger charge is -2.38. The van der Waals surface area contributed by atoms with Gasteiger partial charge in [0.15, 0.2) is 0 Å². The van der Waals surface area contributed by atoms with Gasteiger partial charge in [0.1, 0.15) is 24.4 Å². The fourth-order valence-corrected chi connectivity index (χ4v) is 1.22. The number of aliphatic hydroxyl groups is 4. The standard InChI is InChI=1S/C7H13O6/c1-12-6-5(10)4(9)3(2-8)13-7(6)11/h3-6,8-11H,2H2,1H3/t3-,4-,5+,6-/m1/s1. The Balaban J connectivity index is 2.66. The monoisotopic (exact) mass is 193 g/mol. The van der Waals surface area contributed by atoms with Crippen LogP contribution in [0, 0.1) is 6.29 Å². The maximum Gasteiger partial charge on any atom is 0.254 e. The van der Waals surface area contributed by atoms with Crippen LogP contribution in [-0.4, -0.2) is 58.6 Å². The summed E-state index contributed by atoms with van der Waals surface area (Å²) in [6.07, 6.45) is -5.18. The third-order valence-electron chi connectivity index (χ3n) is 1.99. The molecular formula is C7H13O6. The van der Waals surface area contributed by atoms with Crippen molar-refractivity contribution in [1.82, 2.24) is 0 Å². The van der Waals surface area contributed by atoms with Crippen molar-refractivity contribution in [2.24, 2.45) is 0 Å². The van der Waals surface area contributed by atoms with Gasteiger partial charge in [0.05, 0.1) is 6.61 Å². The summed E-state index contributed by atoms with van der Waals surface area (Å²) in [6, 6.07) is 0. The minimum absolute atomic E-state index is 0.487. The first-order valence-electron chi connectivity index (χ1n) is 3.84. The highest BCUT2D eigenvalue weighted by Gasteiger charge is 2.44. The number of aliphatic hydroxyl groups excluding tert-OH is 4. The Morgan fingerprint density at radius 2 is 2.00 bits per heavy atom. The second-order valence-electron chi connectivity index (χ2n) is 2.81. The molecule has 1 aliphatic heterocycles. The fourth-order valence-electron chi connectivity index (χ4n) is 1.22. The van der Waals surface area contributed by atoms with Gasteiger partial charge in [0.25, 0.3) is 6.29 Å². The largest absolute Gasteiger partial charge is 0.394 e. The van der Waals surface area contributed by atoms with Crippen LogP contribution in [0.2, 0.25) is 0 Å². The summed E-state index contributed by atoms with van der Waals surface area (Å²) in [7, 11) is 1.26. The maximum atomic E-state index is 9.36. The van der Waals surface area contributed by atoms with E-state index in [0.717, 1.165) is 0 Å². The molecule has 1 rings (SSSR count). The molecule has 0 bridgehead atoms. The van der Waals surface area contributed by atoms with Crippen LogP contribution in [0.3, 0.4) is 0 Å². The van der Waals surface area contributed by atoms with Crippen molar-refractivity contribution in [1.29, 1.82) is 0 Å². The first-order chi connectivity index (χ1) is 6.11. The quantitative estimate of drug-likeness (QED) is 0.404. The molecule has 0 spiro atoms. The molecule has 1 radical (unpaired) electrons. The molecule has 13 heavy (non-hydrogen) atoms. The average molecular weight is 193 g/mol. The van der Waals surface area contributed by atoms with Gasteiger partial charge in [0, 0.05) is 7.11 Å². The zero-order chi connectivity index (χ0) is 10.0. The van der Waals surface area contributed by atoms with Gasteiger partial charge in [-0.15, -0.1) is 0 Å². The first-order valence-corrected chi connectivity index (χ1v) is 3.84. The van der Waals surface area contributed by atoms with Crippen LogP contribution < -0.4 is 0 Å². The van der Waals surface area contributed by atoms with E-state index in [4.69, 9.17) is 14.9 Å². The maximum absolute atomic E-state index is 9.36. The van der Waals surface area contributed by atoms with E-state index in [9.17, 15) is 10.2 Å². The molecular weight excluding hydrogens is 180 g/mol. The highest BCUT2D eigenvalue weighted by molar-refractivity contribution is 4.96. The van der Waals surface area contributed by atoms with Crippen LogP contribution >= 0.6 is 0 Å². The van der Waals surface area contributed by atoms with Gasteiger partial charge in [-0.3, -0.25) is 0 Å². The number of hydrogen-bond acceptors (Lipinski definition) is 6. The van der Waals surface area contributed by atoms with Crippen molar-refractivity contribution in [2.45, 2.75) is 24.4 Å². The molecule has 0 aromatic carbocycles. The van der Waals surface area contributed by atoms with E-state index in [2.05, 4.69) is 4.74 Å². The molecule has 4 N–H and O–H groups in total. The highest BCUT2D eigenvalue weighted by atomic mass is 16.7. The van der Waals surface area contributed by atoms with Gasteiger partial charge >= 0.3 is 0 Å². The molecule has 1 fully saturated rings. The van der Waals surface area contributed by atoms with E-state index in [1.54, 1.807) is 0 Å². The van der Waals surface area contributed by atoms with E-state index >= 15 is 0 Å². The van der Waals surface area contributed by atoms with Crippen LogP contribution in [0.4, 0.5) is 0 Å². The van der Waals surface area contributed by atoms with Crippen LogP contribution in [0.15, 0.2) is 0 Å². The molecule has 6 heteroatoms. The minimum Gasteiger partial charge on any atom is -0.394 e. The molecule has 0 aromatic heterocycles. The zero-order valence-corrected chi connectivity index (χ0v) is 7.12. The summed E-state index contributed by atoms with van der Waals surface area (Å²) in [6.45, 7) is -0.487. The highest BCUT2D eigenvalue weighted by Crippen LogP contribution is 2.25. The number of hydrogen-bond donors (Lipinski definition) is 4. The summed E-state index contributed by atoms with van der Waals surface area (Å²) in [5.41, 5.74) is 0. The second-order valence-corrected chi connectivity index (χ2v) is 2.81. The predicted octanol–water partition coefficient (Wildman–Crippen LogP) is -2.02. The van der Waals surface area contributed by atoms with Crippen LogP contribution in [0.25, 0.3) is 0 Å². The molecule has 6 nitrogen and oxygen atoms in total. The first kappa shape index (κ1) is 10.8. The summed E-state index contributed by atoms with van der Waals surface area (Å²) in [5.74, 6) is 0. The molecule has 0 unspecified atom stereocenters. The third kappa shape index (κ3) is 1.98. The molecule has 0 aromatic rings. The SMILES string of the molecule is CO[C@H]1[C](O)O[C@H](CO)[C@@H](O)[C@@H]1O. The van der Waals surface area contributed by atoms with Crippen molar-refractivity contribution in [3.8, 4) is 0 Å². The third-order valence-corrected chi connectivity index (χ3v) is 1.99. The Kier molecular flexibility index (Phi) is 3.60. The lowest BCUT2D eigenvalue weighted by molar-refractivity contribution is -0.236. The van der Waals surface area contributed by atoms with Gasteiger partial charge in [-0.2, -0.15) is 0 Å². The normalized spacial score (nSPS) is 42.2. The van der Waals surface area contributed by atoms with Crippen molar-refractivity contribution in [3.63, 3.8) is 0 Å². The van der Waals surface area contributed by atoms with E-state index in [1.165, 1.54) is 7.11 Å². The van der Waals surface area contributed by atoms with Gasteiger partial charge < -0.3 is 29.9 Å². The number of methoxy groups -OCH3 is 1. The fraction of sp³-hybridized carbons (Fsp3) is 0.857. The molecule has 0 aliphatic carbocycles. The molecule has 4 atom stereocenters. The van der Waals surface area contributed by atoms with Gasteiger partial charge in [0.2, 0.25) is 0 Å². The average Bonchev–Trinajstić information content (AvgIpc) is 2.12. The summed E-state index contributed by atoms with van der Waals surface area (Å²) < 4.78 is 9.38. The smallest absolute Gasteiger partial charge is 0.254 e. The molecule has 1 heterocycles. The van der Waals surface area contributed by atoms with Gasteiger partial charge in [-0.25, -0.2) is 0 Å². The van der Waals surface area contributed by atoms with Crippen molar-refractivity contribution in [3.05, 3.63) is 6.29 Å². The predicted molar refractivity (Wildman–Crippen MR) is 39.9 cm³/mol. The van der Waals surface area contributed by atoms with Crippen molar-refractivity contribution >= 4 is 0 Å². The second kappa shape index (κ2) is 4.32. The summed E-state index contributed by atoms with van der Waals surface area (Å²) in [5, 5.41) is 36.5. The topological polar surface area (TPSA) is 99.4 Å². The van der Waals surface area contributed by atoms with E-state index < -0.39 is 37.3 Å². The van der Waals surface area contributed by atoms with Gasteiger partial charge in [-0.1, -0.05) is 0 Å². The lowest BCUT2D eigenvalue weighted by Crippen LogP contribution is -2.55. The Hall–Kier alpha value is -0.240. The Morgan fingerprint density at radius 1 is 1.38 bits per heavy atom. The summed E-state index contributed by atoms with van der Waals surface area (Å²) in [4.78, 5) is 0. The van der Waals surface area contributed by atoms with Crippen LogP contribution in [-0.2, 0) is 9.47 Å². The van der Waals surface area contributed by atoms with E-state index in [-0.39, 0.29) is 0 Å². The zero-order valence-electron chi connectivity index (χ0n) is 7.12. The molecule has 0 amide bonds. The van der Waals surface area contributed by atoms with Crippen molar-refractivity contribution < 1.29 is 29.9 Å². The molecule has 0 saturated carbocycles. The molecule has 1 saturated heterocycles. The molecule has 77 valence electrons. The van der Waals surface area contributed by atoms with Crippen LogP contribution in [0.1, 0.15) is 0 Å². The lowest BCUT2D eigenvalue weighted by atomic mass is 9.99. The van der Waals surface area contributed by atoms with E-state index in [1.807, 2.05) is 0 Å². The van der Waals surface area contributed by atoms with E-state index in [0.29, 0.717) is 0 Å². The van der Waals surface area contributed by atoms with Gasteiger partial charge in [-0.05, 0) is 0 Å². The molecule has 1 aliphatic rings. The number of ether oxygens (including phenoxy) is 2. The van der Waals surface area contributed by atoms with Crippen LogP contribution in [0.5, 0.6) is 0 Å². The Morgan fingerprint density at radius 3 is 2.46 bits per heavy atom. The van der Waals surface area contributed by atoms with Crippen molar-refractivity contribution in [2.75, 3.05) is 13.7 Å². The Bertz CT molecular complexity index is 163. The Labute approximate surface area is 75.3 Å². The number of rotatable bonds is 2.